The van der Waals surface area contributed by atoms with Crippen molar-refractivity contribution in [2.75, 3.05) is 43.4 Å². The van der Waals surface area contributed by atoms with Gasteiger partial charge in [-0.05, 0) is 36.9 Å². The van der Waals surface area contributed by atoms with Gasteiger partial charge in [-0.3, -0.25) is 18.7 Å². The van der Waals surface area contributed by atoms with Gasteiger partial charge >= 0.3 is 21.2 Å². The molecule has 1 fully saturated rings. The van der Waals surface area contributed by atoms with Gasteiger partial charge in [-0.2, -0.15) is 0 Å². The zero-order valence-corrected chi connectivity index (χ0v) is 26.7. The molecular formula is C28H32ClN5O9P2. The summed E-state index contributed by atoms with van der Waals surface area (Å²) in [5, 5.41) is 0.742. The molecule has 0 atom stereocenters. The Kier molecular flexibility index (Phi) is 11.0. The van der Waals surface area contributed by atoms with Crippen LogP contribution in [-0.4, -0.2) is 84.8 Å². The lowest BCUT2D eigenvalue weighted by Gasteiger charge is -2.34. The van der Waals surface area contributed by atoms with Gasteiger partial charge in [0.05, 0.1) is 29.0 Å². The van der Waals surface area contributed by atoms with Gasteiger partial charge in [-0.15, -0.1) is 0 Å². The van der Waals surface area contributed by atoms with E-state index in [-0.39, 0.29) is 28.9 Å². The van der Waals surface area contributed by atoms with Crippen LogP contribution >= 0.6 is 26.8 Å². The molecule has 0 saturated carbocycles. The van der Waals surface area contributed by atoms with Crippen molar-refractivity contribution in [3.8, 4) is 17.0 Å². The number of hydrogen-bond acceptors (Lipinski definition) is 10. The molecule has 17 heteroatoms. The van der Waals surface area contributed by atoms with E-state index in [1.54, 1.807) is 36.4 Å². The average molecular weight is 680 g/mol. The Balaban J connectivity index is 1.63. The third kappa shape index (κ3) is 9.29. The number of carbonyl (C=O) groups is 2. The number of hydrogen-bond donors (Lipinski definition) is 5. The Hall–Kier alpha value is -3.45. The molecule has 4 rings (SSSR count). The van der Waals surface area contributed by atoms with E-state index < -0.39 is 33.0 Å². The normalized spacial score (nSPS) is 14.3. The Morgan fingerprint density at radius 2 is 1.78 bits per heavy atom. The van der Waals surface area contributed by atoms with Crippen LogP contribution in [0.25, 0.3) is 11.3 Å². The van der Waals surface area contributed by atoms with Gasteiger partial charge in [0.1, 0.15) is 0 Å². The molecule has 0 unspecified atom stereocenters. The second-order valence-corrected chi connectivity index (χ2v) is 14.8. The number of benzene rings is 2. The van der Waals surface area contributed by atoms with Crippen molar-refractivity contribution >= 4 is 55.9 Å². The molecule has 5 N–H and O–H groups in total. The molecule has 14 nitrogen and oxygen atoms in total. The summed E-state index contributed by atoms with van der Waals surface area (Å²) in [6, 6.07) is 12.0. The highest BCUT2D eigenvalue weighted by atomic mass is 35.5. The van der Waals surface area contributed by atoms with Gasteiger partial charge in [-0.25, -0.2) is 9.97 Å². The number of carbonyl (C=O) groups excluding carboxylic acids is 2. The van der Waals surface area contributed by atoms with E-state index in [9.17, 15) is 38.3 Å². The molecule has 1 saturated heterocycles. The van der Waals surface area contributed by atoms with Crippen molar-refractivity contribution in [2.24, 2.45) is 0 Å². The van der Waals surface area contributed by atoms with Crippen LogP contribution in [0.1, 0.15) is 12.0 Å². The van der Waals surface area contributed by atoms with Crippen molar-refractivity contribution in [3.05, 3.63) is 71.9 Å². The number of allylic oxidation sites excluding steroid dienone is 1. The molecule has 240 valence electrons. The lowest BCUT2D eigenvalue weighted by molar-refractivity contribution is -0.134. The molecule has 3 aromatic rings. The molecule has 1 aliphatic rings. The van der Waals surface area contributed by atoms with Gasteiger partial charge in [0.25, 0.3) is 0 Å². The van der Waals surface area contributed by atoms with Crippen LogP contribution in [0, 0.1) is 0 Å². The maximum absolute atomic E-state index is 12.8. The molecule has 1 aliphatic heterocycles. The van der Waals surface area contributed by atoms with E-state index in [0.717, 1.165) is 18.7 Å². The summed E-state index contributed by atoms with van der Waals surface area (Å²) >= 11 is 6.41. The first-order valence-electron chi connectivity index (χ1n) is 13.6. The minimum Gasteiger partial charge on any atom is -0.424 e. The summed E-state index contributed by atoms with van der Waals surface area (Å²) in [5.74, 6) is -1.24. The molecule has 2 aromatic carbocycles. The van der Waals surface area contributed by atoms with Crippen LogP contribution in [0.5, 0.6) is 5.75 Å². The van der Waals surface area contributed by atoms with Crippen molar-refractivity contribution in [2.45, 2.75) is 18.2 Å². The summed E-state index contributed by atoms with van der Waals surface area (Å²) in [6.07, 6.45) is 1.60. The molecule has 0 spiro atoms. The van der Waals surface area contributed by atoms with Gasteiger partial charge in [0.15, 0.2) is 16.9 Å². The van der Waals surface area contributed by atoms with Gasteiger partial charge < -0.3 is 39.4 Å². The van der Waals surface area contributed by atoms with E-state index in [4.69, 9.17) is 16.3 Å². The first kappa shape index (κ1) is 34.4. The number of esters is 1. The lowest BCUT2D eigenvalue weighted by Crippen LogP contribution is -2.44. The number of nitrogens with one attached hydrogen (secondary N) is 1. The third-order valence-corrected chi connectivity index (χ3v) is 11.0. The van der Waals surface area contributed by atoms with Crippen LogP contribution in [0.3, 0.4) is 0 Å². The van der Waals surface area contributed by atoms with E-state index in [1.807, 2.05) is 11.9 Å². The number of anilines is 3. The van der Waals surface area contributed by atoms with Gasteiger partial charge in [0.2, 0.25) is 5.95 Å². The fraction of sp³-hybridized carbons (Fsp3) is 0.286. The highest BCUT2D eigenvalue weighted by Crippen LogP contribution is 2.61. The number of piperazine rings is 1. The summed E-state index contributed by atoms with van der Waals surface area (Å²) in [5.41, 5.74) is 2.64. The van der Waals surface area contributed by atoms with E-state index in [0.29, 0.717) is 35.7 Å². The number of nitrogens with zero attached hydrogens (tertiary/aromatic N) is 4. The fourth-order valence-corrected chi connectivity index (χ4v) is 7.13. The first-order valence-corrected chi connectivity index (χ1v) is 17.3. The van der Waals surface area contributed by atoms with Crippen LogP contribution < -0.4 is 15.0 Å². The summed E-state index contributed by atoms with van der Waals surface area (Å²) in [6.45, 7) is 6.11. The Morgan fingerprint density at radius 1 is 1.09 bits per heavy atom. The zero-order chi connectivity index (χ0) is 32.9. The Morgan fingerprint density at radius 3 is 2.42 bits per heavy atom. The second-order valence-electron chi connectivity index (χ2n) is 10.4. The number of ketones is 1. The highest BCUT2D eigenvalue weighted by molar-refractivity contribution is 7.70. The van der Waals surface area contributed by atoms with E-state index in [2.05, 4.69) is 26.8 Å². The molecule has 2 heterocycles. The third-order valence-electron chi connectivity index (χ3n) is 6.96. The molecule has 0 bridgehead atoms. The topological polar surface area (TPSA) is 203 Å². The standard InChI is InChI=1S/C28H32ClN5O9P2/c1-3-21(35)14-18-5-4-6-19(13-18)27-22(29)17-30-28(32-27)31-20-7-8-23(34-11-9-33(2)10-12-34)24(15-20)43-25(36)16-26(44(37,38)39)45(40,41)42/h3-8,13,15,17,26H,1,9-12,14,16H2,2H3,(H,30,31,32)(H2,37,38,39)(H2,40,41,42). The Labute approximate surface area is 264 Å². The highest BCUT2D eigenvalue weighted by Gasteiger charge is 2.45. The molecule has 0 radical (unpaired) electrons. The quantitative estimate of drug-likeness (QED) is 0.0804. The predicted octanol–water partition coefficient (Wildman–Crippen LogP) is 3.57. The smallest absolute Gasteiger partial charge is 0.341 e. The van der Waals surface area contributed by atoms with E-state index in [1.165, 1.54) is 18.3 Å². The van der Waals surface area contributed by atoms with Crippen LogP contribution in [0.15, 0.2) is 61.3 Å². The van der Waals surface area contributed by atoms with Crippen molar-refractivity contribution in [1.29, 1.82) is 0 Å². The largest absolute Gasteiger partial charge is 0.424 e. The van der Waals surface area contributed by atoms with Gasteiger partial charge in [-0.1, -0.05) is 36.4 Å². The van der Waals surface area contributed by atoms with Gasteiger partial charge in [0, 0.05) is 49.9 Å². The fourth-order valence-electron chi connectivity index (χ4n) is 4.59. The molecule has 45 heavy (non-hydrogen) atoms. The maximum atomic E-state index is 12.8. The number of rotatable bonds is 12. The van der Waals surface area contributed by atoms with Crippen LogP contribution in [-0.2, 0) is 25.1 Å². The lowest BCUT2D eigenvalue weighted by atomic mass is 10.0. The number of likely N-dealkylation sites (N-methyl/N-ethyl adjacent to an activating group) is 1. The molecule has 0 amide bonds. The number of ether oxygens (including phenoxy) is 1. The summed E-state index contributed by atoms with van der Waals surface area (Å²) in [7, 11) is -8.72. The predicted molar refractivity (Wildman–Crippen MR) is 169 cm³/mol. The minimum absolute atomic E-state index is 0.00139. The molecule has 1 aromatic heterocycles. The monoisotopic (exact) mass is 679 g/mol. The Bertz CT molecular complexity index is 1670. The molecule has 0 aliphatic carbocycles. The van der Waals surface area contributed by atoms with Crippen molar-refractivity contribution in [3.63, 3.8) is 0 Å². The SMILES string of the molecule is C=CC(=O)Cc1cccc(-c2nc(Nc3ccc(N4CCN(C)CC4)c(OC(=O)CC(P(=O)(O)O)P(=O)(O)O)c3)ncc2Cl)c1. The van der Waals surface area contributed by atoms with Crippen LogP contribution in [0.2, 0.25) is 5.02 Å². The van der Waals surface area contributed by atoms with Crippen LogP contribution in [0.4, 0.5) is 17.3 Å². The molecular weight excluding hydrogens is 648 g/mol. The second kappa shape index (κ2) is 14.3. The van der Waals surface area contributed by atoms with Crippen molar-refractivity contribution < 1.29 is 43.0 Å². The minimum atomic E-state index is -5.34. The van der Waals surface area contributed by atoms with E-state index >= 15 is 0 Å². The zero-order valence-electron chi connectivity index (χ0n) is 24.1. The van der Waals surface area contributed by atoms with Crippen molar-refractivity contribution in [1.82, 2.24) is 14.9 Å². The summed E-state index contributed by atoms with van der Waals surface area (Å²) in [4.78, 5) is 75.3. The average Bonchev–Trinajstić information content (AvgIpc) is 2.96. The summed E-state index contributed by atoms with van der Waals surface area (Å²) < 4.78 is 28.9. The number of halogens is 1. The maximum Gasteiger partial charge on any atom is 0.341 e. The first-order chi connectivity index (χ1) is 21.1. The number of aromatic nitrogens is 2.